The van der Waals surface area contributed by atoms with Gasteiger partial charge in [-0.15, -0.1) is 0 Å². The molecule has 0 fully saturated rings. The standard InChI is InChI=1S/C23H18ClFN2O4/c1-14(22(28)27(2)17-10-4-3-9-16(17)25)29-18-11-5-6-12-19(18)30-23-26-21-15(24)8-7-13-20(21)31-23/h3-14H,1-2H3. The third kappa shape index (κ3) is 4.32. The van der Waals surface area contributed by atoms with Gasteiger partial charge in [0.1, 0.15) is 11.3 Å². The number of rotatable bonds is 6. The van der Waals surface area contributed by atoms with Crippen LogP contribution in [0.4, 0.5) is 10.1 Å². The van der Waals surface area contributed by atoms with Crippen LogP contribution in [0.25, 0.3) is 11.1 Å². The summed E-state index contributed by atoms with van der Waals surface area (Å²) in [5.74, 6) is -0.311. The average Bonchev–Trinajstić information content (AvgIpc) is 3.18. The van der Waals surface area contributed by atoms with E-state index in [-0.39, 0.29) is 11.8 Å². The van der Waals surface area contributed by atoms with Crippen molar-refractivity contribution in [2.45, 2.75) is 13.0 Å². The first-order valence-corrected chi connectivity index (χ1v) is 9.82. The maximum Gasteiger partial charge on any atom is 0.400 e. The molecular weight excluding hydrogens is 423 g/mol. The molecule has 8 heteroatoms. The number of hydrogen-bond donors (Lipinski definition) is 0. The molecule has 0 spiro atoms. The highest BCUT2D eigenvalue weighted by atomic mass is 35.5. The Balaban J connectivity index is 1.53. The van der Waals surface area contributed by atoms with E-state index >= 15 is 0 Å². The molecule has 3 aromatic carbocycles. The zero-order valence-corrected chi connectivity index (χ0v) is 17.5. The van der Waals surface area contributed by atoms with E-state index in [0.29, 0.717) is 27.6 Å². The molecule has 31 heavy (non-hydrogen) atoms. The van der Waals surface area contributed by atoms with E-state index in [1.54, 1.807) is 61.5 Å². The highest BCUT2D eigenvalue weighted by Gasteiger charge is 2.24. The molecule has 4 aromatic rings. The van der Waals surface area contributed by atoms with Crippen LogP contribution in [-0.2, 0) is 4.79 Å². The molecular formula is C23H18ClFN2O4. The van der Waals surface area contributed by atoms with Crippen molar-refractivity contribution in [2.24, 2.45) is 0 Å². The smallest absolute Gasteiger partial charge is 0.400 e. The van der Waals surface area contributed by atoms with E-state index in [1.807, 2.05) is 0 Å². The second kappa shape index (κ2) is 8.65. The van der Waals surface area contributed by atoms with Crippen molar-refractivity contribution in [1.29, 1.82) is 0 Å². The van der Waals surface area contributed by atoms with Gasteiger partial charge in [0.2, 0.25) is 0 Å². The fourth-order valence-corrected chi connectivity index (χ4v) is 3.23. The lowest BCUT2D eigenvalue weighted by molar-refractivity contribution is -0.124. The van der Waals surface area contributed by atoms with Gasteiger partial charge in [-0.25, -0.2) is 4.39 Å². The van der Waals surface area contributed by atoms with Gasteiger partial charge >= 0.3 is 6.08 Å². The summed E-state index contributed by atoms with van der Waals surface area (Å²) in [5, 5.41) is 0.441. The van der Waals surface area contributed by atoms with E-state index in [9.17, 15) is 9.18 Å². The van der Waals surface area contributed by atoms with Gasteiger partial charge in [-0.1, -0.05) is 41.9 Å². The topological polar surface area (TPSA) is 64.8 Å². The number of likely N-dealkylation sites (N-methyl/N-ethyl adjacent to an activating group) is 1. The number of amides is 1. The number of halogens is 2. The Morgan fingerprint density at radius 3 is 2.52 bits per heavy atom. The Morgan fingerprint density at radius 1 is 1.06 bits per heavy atom. The maximum absolute atomic E-state index is 14.0. The quantitative estimate of drug-likeness (QED) is 0.376. The maximum atomic E-state index is 14.0. The Kier molecular flexibility index (Phi) is 5.77. The number of benzene rings is 3. The van der Waals surface area contributed by atoms with Crippen molar-refractivity contribution in [3.8, 4) is 17.6 Å². The summed E-state index contributed by atoms with van der Waals surface area (Å²) in [7, 11) is 1.49. The normalized spacial score (nSPS) is 11.9. The molecule has 1 atom stereocenters. The van der Waals surface area contributed by atoms with Crippen LogP contribution in [0.1, 0.15) is 6.92 Å². The summed E-state index contributed by atoms with van der Waals surface area (Å²) in [6.45, 7) is 1.58. The van der Waals surface area contributed by atoms with Crippen LogP contribution in [-0.4, -0.2) is 24.0 Å². The molecule has 1 aromatic heterocycles. The third-order valence-electron chi connectivity index (χ3n) is 4.59. The number of carbonyl (C=O) groups excluding carboxylic acids is 1. The molecule has 0 saturated heterocycles. The summed E-state index contributed by atoms with van der Waals surface area (Å²) < 4.78 is 31.2. The molecule has 6 nitrogen and oxygen atoms in total. The zero-order valence-electron chi connectivity index (χ0n) is 16.7. The van der Waals surface area contributed by atoms with E-state index < -0.39 is 17.8 Å². The van der Waals surface area contributed by atoms with Crippen LogP contribution in [0, 0.1) is 5.82 Å². The summed E-state index contributed by atoms with van der Waals surface area (Å²) in [4.78, 5) is 18.2. The van der Waals surface area contributed by atoms with Crippen LogP contribution < -0.4 is 14.4 Å². The van der Waals surface area contributed by atoms with Crippen LogP contribution >= 0.6 is 11.6 Å². The van der Waals surface area contributed by atoms with E-state index in [0.717, 1.165) is 0 Å². The van der Waals surface area contributed by atoms with Crippen molar-refractivity contribution in [3.63, 3.8) is 0 Å². The average molecular weight is 441 g/mol. The van der Waals surface area contributed by atoms with Gasteiger partial charge in [0.15, 0.2) is 23.2 Å². The van der Waals surface area contributed by atoms with Crippen LogP contribution in [0.5, 0.6) is 17.6 Å². The second-order valence-electron chi connectivity index (χ2n) is 6.72. The molecule has 158 valence electrons. The first kappa shape index (κ1) is 20.7. The van der Waals surface area contributed by atoms with E-state index in [1.165, 1.54) is 24.1 Å². The minimum Gasteiger partial charge on any atom is -0.477 e. The minimum atomic E-state index is -0.910. The monoisotopic (exact) mass is 440 g/mol. The summed E-state index contributed by atoms with van der Waals surface area (Å²) >= 11 is 6.13. The first-order chi connectivity index (χ1) is 14.9. The Labute approximate surface area is 182 Å². The highest BCUT2D eigenvalue weighted by Crippen LogP contribution is 2.34. The minimum absolute atomic E-state index is 0.0124. The van der Waals surface area contributed by atoms with Gasteiger partial charge < -0.3 is 18.8 Å². The van der Waals surface area contributed by atoms with Gasteiger partial charge in [-0.05, 0) is 43.3 Å². The fourth-order valence-electron chi connectivity index (χ4n) is 3.02. The highest BCUT2D eigenvalue weighted by molar-refractivity contribution is 6.34. The van der Waals surface area contributed by atoms with Crippen molar-refractivity contribution in [2.75, 3.05) is 11.9 Å². The largest absolute Gasteiger partial charge is 0.477 e. The molecule has 1 amide bonds. The summed E-state index contributed by atoms with van der Waals surface area (Å²) in [6, 6.07) is 18.0. The first-order valence-electron chi connectivity index (χ1n) is 9.44. The summed E-state index contributed by atoms with van der Waals surface area (Å²) in [5.41, 5.74) is 1.12. The number of carbonyl (C=O) groups is 1. The van der Waals surface area contributed by atoms with Crippen molar-refractivity contribution < 1.29 is 23.1 Å². The molecule has 1 heterocycles. The van der Waals surface area contributed by atoms with Gasteiger partial charge in [0.25, 0.3) is 5.91 Å². The van der Waals surface area contributed by atoms with Crippen molar-refractivity contribution in [1.82, 2.24) is 4.98 Å². The number of fused-ring (bicyclic) bond motifs is 1. The number of oxazole rings is 1. The molecule has 0 N–H and O–H groups in total. The second-order valence-corrected chi connectivity index (χ2v) is 7.13. The van der Waals surface area contributed by atoms with Gasteiger partial charge in [0, 0.05) is 7.05 Å². The van der Waals surface area contributed by atoms with E-state index in [4.69, 9.17) is 25.5 Å². The van der Waals surface area contributed by atoms with Crippen molar-refractivity contribution in [3.05, 3.63) is 77.6 Å². The lowest BCUT2D eigenvalue weighted by Gasteiger charge is -2.23. The van der Waals surface area contributed by atoms with Gasteiger partial charge in [-0.2, -0.15) is 4.98 Å². The molecule has 4 rings (SSSR count). The molecule has 1 unspecified atom stereocenters. The van der Waals surface area contributed by atoms with Crippen LogP contribution in [0.15, 0.2) is 71.1 Å². The summed E-state index contributed by atoms with van der Waals surface area (Å²) in [6.07, 6.45) is -0.922. The van der Waals surface area contributed by atoms with Gasteiger partial charge in [-0.3, -0.25) is 4.79 Å². The van der Waals surface area contributed by atoms with Crippen LogP contribution in [0.2, 0.25) is 5.02 Å². The zero-order chi connectivity index (χ0) is 22.0. The van der Waals surface area contributed by atoms with E-state index in [2.05, 4.69) is 4.98 Å². The number of ether oxygens (including phenoxy) is 2. The third-order valence-corrected chi connectivity index (χ3v) is 4.90. The number of anilines is 1. The number of aromatic nitrogens is 1. The van der Waals surface area contributed by atoms with Crippen molar-refractivity contribution >= 4 is 34.3 Å². The molecule has 0 aliphatic heterocycles. The molecule has 0 bridgehead atoms. The van der Waals surface area contributed by atoms with Gasteiger partial charge in [0.05, 0.1) is 10.7 Å². The molecule has 0 aliphatic carbocycles. The molecule has 0 saturated carbocycles. The SMILES string of the molecule is CC(Oc1ccccc1Oc1nc2c(Cl)cccc2o1)C(=O)N(C)c1ccccc1F. The fraction of sp³-hybridized carbons (Fsp3) is 0.130. The molecule has 0 radical (unpaired) electrons. The Hall–Kier alpha value is -3.58. The Morgan fingerprint density at radius 2 is 1.77 bits per heavy atom. The number of para-hydroxylation sites is 4. The number of hydrogen-bond acceptors (Lipinski definition) is 5. The molecule has 0 aliphatic rings. The lowest BCUT2D eigenvalue weighted by atomic mass is 10.2. The predicted molar refractivity (Wildman–Crippen MR) is 115 cm³/mol. The van der Waals surface area contributed by atoms with Crippen LogP contribution in [0.3, 0.4) is 0 Å². The Bertz CT molecular complexity index is 1240. The lowest BCUT2D eigenvalue weighted by Crippen LogP contribution is -2.38. The predicted octanol–water partition coefficient (Wildman–Crippen LogP) is 5.84. The number of nitrogens with zero attached hydrogens (tertiary/aromatic N) is 2.